The molecular formula is C14H11BrN2O2S. The van der Waals surface area contributed by atoms with E-state index in [9.17, 15) is 8.42 Å². The molecule has 0 amide bonds. The highest BCUT2D eigenvalue weighted by Gasteiger charge is 2.15. The van der Waals surface area contributed by atoms with Gasteiger partial charge in [-0.15, -0.1) is 0 Å². The van der Waals surface area contributed by atoms with Gasteiger partial charge in [0.1, 0.15) is 0 Å². The Morgan fingerprint density at radius 2 is 1.80 bits per heavy atom. The van der Waals surface area contributed by atoms with Crippen molar-refractivity contribution in [1.82, 2.24) is 0 Å². The number of nitrogens with zero attached hydrogens (tertiary/aromatic N) is 1. The molecule has 1 N–H and O–H groups in total. The summed E-state index contributed by atoms with van der Waals surface area (Å²) in [5.41, 5.74) is 1.92. The molecule has 2 aromatic rings. The van der Waals surface area contributed by atoms with Crippen molar-refractivity contribution in [2.24, 2.45) is 0 Å². The lowest BCUT2D eigenvalue weighted by molar-refractivity contribution is 0.601. The second kappa shape index (κ2) is 5.65. The molecule has 2 rings (SSSR count). The normalized spacial score (nSPS) is 10.8. The highest BCUT2D eigenvalue weighted by molar-refractivity contribution is 9.10. The SMILES string of the molecule is Cc1ccc(NS(=O)(=O)c2ccc(C#N)cc2)c(Br)c1. The number of hydrogen-bond acceptors (Lipinski definition) is 3. The zero-order chi connectivity index (χ0) is 14.8. The molecule has 0 radical (unpaired) electrons. The van der Waals surface area contributed by atoms with E-state index >= 15 is 0 Å². The maximum atomic E-state index is 12.2. The number of sulfonamides is 1. The molecule has 20 heavy (non-hydrogen) atoms. The van der Waals surface area contributed by atoms with Crippen LogP contribution in [-0.2, 0) is 10.0 Å². The quantitative estimate of drug-likeness (QED) is 0.921. The largest absolute Gasteiger partial charge is 0.278 e. The first-order valence-electron chi connectivity index (χ1n) is 5.71. The van der Waals surface area contributed by atoms with E-state index in [1.54, 1.807) is 6.07 Å². The number of nitriles is 1. The van der Waals surface area contributed by atoms with E-state index in [0.29, 0.717) is 15.7 Å². The Hall–Kier alpha value is -1.84. The average Bonchev–Trinajstić information content (AvgIpc) is 2.42. The molecule has 0 aliphatic rings. The van der Waals surface area contributed by atoms with Crippen LogP contribution in [0.15, 0.2) is 51.8 Å². The van der Waals surface area contributed by atoms with Crippen molar-refractivity contribution < 1.29 is 8.42 Å². The number of nitrogens with one attached hydrogen (secondary N) is 1. The van der Waals surface area contributed by atoms with E-state index in [0.717, 1.165) is 5.56 Å². The van der Waals surface area contributed by atoms with Gasteiger partial charge in [0.05, 0.1) is 22.2 Å². The third-order valence-electron chi connectivity index (χ3n) is 2.66. The Labute approximate surface area is 126 Å². The van der Waals surface area contributed by atoms with Gasteiger partial charge in [0.25, 0.3) is 10.0 Å². The summed E-state index contributed by atoms with van der Waals surface area (Å²) < 4.78 is 27.6. The lowest BCUT2D eigenvalue weighted by atomic mass is 10.2. The zero-order valence-corrected chi connectivity index (χ0v) is 13.0. The van der Waals surface area contributed by atoms with Crippen LogP contribution >= 0.6 is 15.9 Å². The number of hydrogen-bond donors (Lipinski definition) is 1. The zero-order valence-electron chi connectivity index (χ0n) is 10.6. The summed E-state index contributed by atoms with van der Waals surface area (Å²) in [6, 6.07) is 13.0. The molecule has 4 nitrogen and oxygen atoms in total. The molecule has 0 aromatic heterocycles. The van der Waals surface area contributed by atoms with Crippen molar-refractivity contribution in [1.29, 1.82) is 5.26 Å². The highest BCUT2D eigenvalue weighted by atomic mass is 79.9. The van der Waals surface area contributed by atoms with Crippen LogP contribution in [0.5, 0.6) is 0 Å². The van der Waals surface area contributed by atoms with Gasteiger partial charge < -0.3 is 0 Å². The van der Waals surface area contributed by atoms with E-state index in [-0.39, 0.29) is 4.90 Å². The standard InChI is InChI=1S/C14H11BrN2O2S/c1-10-2-7-14(13(15)8-10)17-20(18,19)12-5-3-11(9-16)4-6-12/h2-8,17H,1H3. The van der Waals surface area contributed by atoms with Gasteiger partial charge in [-0.2, -0.15) is 5.26 Å². The summed E-state index contributed by atoms with van der Waals surface area (Å²) in [6.07, 6.45) is 0. The van der Waals surface area contributed by atoms with Gasteiger partial charge in [-0.25, -0.2) is 8.42 Å². The summed E-state index contributed by atoms with van der Waals surface area (Å²) in [6.45, 7) is 1.92. The summed E-state index contributed by atoms with van der Waals surface area (Å²) in [4.78, 5) is 0.115. The third-order valence-corrected chi connectivity index (χ3v) is 4.70. The number of rotatable bonds is 3. The smallest absolute Gasteiger partial charge is 0.261 e. The lowest BCUT2D eigenvalue weighted by Crippen LogP contribution is -2.13. The second-order valence-corrected chi connectivity index (χ2v) is 6.76. The van der Waals surface area contributed by atoms with Crippen molar-refractivity contribution in [3.8, 4) is 6.07 Å². The van der Waals surface area contributed by atoms with Crippen LogP contribution in [-0.4, -0.2) is 8.42 Å². The summed E-state index contributed by atoms with van der Waals surface area (Å²) >= 11 is 3.33. The Morgan fingerprint density at radius 1 is 1.15 bits per heavy atom. The molecule has 0 aliphatic carbocycles. The molecule has 6 heteroatoms. The van der Waals surface area contributed by atoms with Gasteiger partial charge in [-0.1, -0.05) is 6.07 Å². The number of aryl methyl sites for hydroxylation is 1. The third kappa shape index (κ3) is 3.18. The topological polar surface area (TPSA) is 70.0 Å². The lowest BCUT2D eigenvalue weighted by Gasteiger charge is -2.10. The molecule has 0 atom stereocenters. The van der Waals surface area contributed by atoms with Crippen LogP contribution in [0.3, 0.4) is 0 Å². The fourth-order valence-corrected chi connectivity index (χ4v) is 3.42. The number of halogens is 1. The predicted octanol–water partition coefficient (Wildman–Crippen LogP) is 3.43. The van der Waals surface area contributed by atoms with Crippen LogP contribution in [0.1, 0.15) is 11.1 Å². The number of anilines is 1. The van der Waals surface area contributed by atoms with Crippen molar-refractivity contribution >= 4 is 31.6 Å². The minimum Gasteiger partial charge on any atom is -0.278 e. The summed E-state index contributed by atoms with van der Waals surface area (Å²) in [5, 5.41) is 8.71. The Bertz CT molecular complexity index is 778. The van der Waals surface area contributed by atoms with Gasteiger partial charge >= 0.3 is 0 Å². The van der Waals surface area contributed by atoms with Crippen LogP contribution in [0.25, 0.3) is 0 Å². The van der Waals surface area contributed by atoms with Crippen LogP contribution in [0.2, 0.25) is 0 Å². The van der Waals surface area contributed by atoms with Gasteiger partial charge in [0.15, 0.2) is 0 Å². The highest BCUT2D eigenvalue weighted by Crippen LogP contribution is 2.26. The maximum Gasteiger partial charge on any atom is 0.261 e. The van der Waals surface area contributed by atoms with Crippen molar-refractivity contribution in [3.63, 3.8) is 0 Å². The first-order valence-corrected chi connectivity index (χ1v) is 7.99. The van der Waals surface area contributed by atoms with Gasteiger partial charge in [-0.05, 0) is 64.8 Å². The molecule has 2 aromatic carbocycles. The fourth-order valence-electron chi connectivity index (χ4n) is 1.62. The van der Waals surface area contributed by atoms with Crippen molar-refractivity contribution in [3.05, 3.63) is 58.1 Å². The second-order valence-electron chi connectivity index (χ2n) is 4.22. The minimum atomic E-state index is -3.66. The molecule has 0 spiro atoms. The molecular weight excluding hydrogens is 340 g/mol. The Kier molecular flexibility index (Phi) is 4.12. The molecule has 0 heterocycles. The van der Waals surface area contributed by atoms with Crippen LogP contribution in [0.4, 0.5) is 5.69 Å². The Morgan fingerprint density at radius 3 is 2.35 bits per heavy atom. The predicted molar refractivity (Wildman–Crippen MR) is 80.8 cm³/mol. The van der Waals surface area contributed by atoms with E-state index in [2.05, 4.69) is 20.7 Å². The molecule has 0 fully saturated rings. The fraction of sp³-hybridized carbons (Fsp3) is 0.0714. The first-order chi connectivity index (χ1) is 9.42. The first kappa shape index (κ1) is 14.6. The minimum absolute atomic E-state index is 0.115. The van der Waals surface area contributed by atoms with Crippen LogP contribution < -0.4 is 4.72 Å². The molecule has 0 bridgehead atoms. The van der Waals surface area contributed by atoms with Crippen molar-refractivity contribution in [2.75, 3.05) is 4.72 Å². The molecule has 0 aliphatic heterocycles. The number of benzene rings is 2. The van der Waals surface area contributed by atoms with Crippen molar-refractivity contribution in [2.45, 2.75) is 11.8 Å². The Balaban J connectivity index is 2.33. The average molecular weight is 351 g/mol. The summed E-state index contributed by atoms with van der Waals surface area (Å²) in [5.74, 6) is 0. The van der Waals surface area contributed by atoms with Gasteiger partial charge in [-0.3, -0.25) is 4.72 Å². The molecule has 102 valence electrons. The van der Waals surface area contributed by atoms with E-state index < -0.39 is 10.0 Å². The molecule has 0 saturated heterocycles. The van der Waals surface area contributed by atoms with Crippen LogP contribution in [0, 0.1) is 18.3 Å². The monoisotopic (exact) mass is 350 g/mol. The van der Waals surface area contributed by atoms with Gasteiger partial charge in [0.2, 0.25) is 0 Å². The molecule has 0 saturated carbocycles. The van der Waals surface area contributed by atoms with Gasteiger partial charge in [0, 0.05) is 4.47 Å². The maximum absolute atomic E-state index is 12.2. The van der Waals surface area contributed by atoms with E-state index in [4.69, 9.17) is 5.26 Å². The summed E-state index contributed by atoms with van der Waals surface area (Å²) in [7, 11) is -3.66. The van der Waals surface area contributed by atoms with E-state index in [1.807, 2.05) is 25.1 Å². The van der Waals surface area contributed by atoms with E-state index in [1.165, 1.54) is 24.3 Å². The molecule has 0 unspecified atom stereocenters.